The van der Waals surface area contributed by atoms with Crippen molar-refractivity contribution in [3.8, 4) is 10.6 Å². The normalized spacial score (nSPS) is 10.2. The van der Waals surface area contributed by atoms with E-state index in [1.807, 2.05) is 18.2 Å². The average molecular weight is 220 g/mol. The molecule has 0 aliphatic heterocycles. The molecule has 4 nitrogen and oxygen atoms in total. The van der Waals surface area contributed by atoms with E-state index in [-0.39, 0.29) is 5.01 Å². The van der Waals surface area contributed by atoms with E-state index in [1.54, 1.807) is 13.1 Å². The zero-order chi connectivity index (χ0) is 10.8. The molecule has 2 aromatic rings. The Hall–Kier alpha value is -1.75. The maximum absolute atomic E-state index is 10.7. The highest BCUT2D eigenvalue weighted by Gasteiger charge is 2.14. The molecule has 0 spiro atoms. The molecule has 0 aliphatic rings. The first-order chi connectivity index (χ1) is 7.18. The van der Waals surface area contributed by atoms with E-state index < -0.39 is 5.97 Å². The van der Waals surface area contributed by atoms with Crippen LogP contribution in [0.4, 0.5) is 0 Å². The molecule has 1 N–H and O–H groups in total. The van der Waals surface area contributed by atoms with Gasteiger partial charge in [0, 0.05) is 6.20 Å². The Labute approximate surface area is 90.3 Å². The van der Waals surface area contributed by atoms with Gasteiger partial charge in [-0.2, -0.15) is 0 Å². The molecule has 0 aliphatic carbocycles. The fraction of sp³-hybridized carbons (Fsp3) is 0.100. The molecule has 0 atom stereocenters. The summed E-state index contributed by atoms with van der Waals surface area (Å²) in [5.41, 5.74) is 1.47. The number of aryl methyl sites for hydroxylation is 1. The molecule has 2 aromatic heterocycles. The Kier molecular flexibility index (Phi) is 2.47. The topological polar surface area (TPSA) is 63.1 Å². The van der Waals surface area contributed by atoms with Gasteiger partial charge in [0.25, 0.3) is 0 Å². The van der Waals surface area contributed by atoms with Crippen molar-refractivity contribution in [2.75, 3.05) is 0 Å². The third kappa shape index (κ3) is 1.87. The van der Waals surface area contributed by atoms with Crippen LogP contribution in [0.25, 0.3) is 10.6 Å². The van der Waals surface area contributed by atoms with Crippen molar-refractivity contribution in [3.05, 3.63) is 35.1 Å². The number of thiazole rings is 1. The Morgan fingerprint density at radius 2 is 2.27 bits per heavy atom. The number of carboxylic acid groups (broad SMARTS) is 1. The van der Waals surface area contributed by atoms with E-state index in [0.29, 0.717) is 5.69 Å². The molecule has 0 unspecified atom stereocenters. The first-order valence-electron chi connectivity index (χ1n) is 4.30. The SMILES string of the molecule is Cc1nc(C(=O)O)sc1-c1ccccn1. The molecule has 2 rings (SSSR count). The quantitative estimate of drug-likeness (QED) is 0.842. The minimum absolute atomic E-state index is 0.105. The average Bonchev–Trinajstić information content (AvgIpc) is 2.62. The van der Waals surface area contributed by atoms with Gasteiger partial charge in [-0.15, -0.1) is 11.3 Å². The van der Waals surface area contributed by atoms with Crippen molar-refractivity contribution in [3.63, 3.8) is 0 Å². The van der Waals surface area contributed by atoms with Gasteiger partial charge in [-0.1, -0.05) is 6.07 Å². The summed E-state index contributed by atoms with van der Waals surface area (Å²) in [6.07, 6.45) is 1.68. The number of pyridine rings is 1. The fourth-order valence-electron chi connectivity index (χ4n) is 1.22. The molecule has 76 valence electrons. The van der Waals surface area contributed by atoms with Gasteiger partial charge >= 0.3 is 5.97 Å². The van der Waals surface area contributed by atoms with E-state index in [4.69, 9.17) is 5.11 Å². The van der Waals surface area contributed by atoms with Gasteiger partial charge < -0.3 is 5.11 Å². The summed E-state index contributed by atoms with van der Waals surface area (Å²) in [7, 11) is 0. The van der Waals surface area contributed by atoms with Crippen LogP contribution < -0.4 is 0 Å². The number of carbonyl (C=O) groups is 1. The minimum atomic E-state index is -0.995. The minimum Gasteiger partial charge on any atom is -0.476 e. The van der Waals surface area contributed by atoms with Crippen LogP contribution >= 0.6 is 11.3 Å². The Bertz CT molecular complexity index is 493. The summed E-state index contributed by atoms with van der Waals surface area (Å²) < 4.78 is 0. The Morgan fingerprint density at radius 3 is 2.80 bits per heavy atom. The van der Waals surface area contributed by atoms with Crippen LogP contribution in [0.3, 0.4) is 0 Å². The molecule has 15 heavy (non-hydrogen) atoms. The smallest absolute Gasteiger partial charge is 0.365 e. The maximum Gasteiger partial charge on any atom is 0.365 e. The van der Waals surface area contributed by atoms with Crippen molar-refractivity contribution in [2.45, 2.75) is 6.92 Å². The monoisotopic (exact) mass is 220 g/mol. The predicted octanol–water partition coefficient (Wildman–Crippen LogP) is 2.21. The summed E-state index contributed by atoms with van der Waals surface area (Å²) in [5.74, 6) is -0.995. The van der Waals surface area contributed by atoms with Gasteiger partial charge in [-0.25, -0.2) is 9.78 Å². The van der Waals surface area contributed by atoms with Crippen LogP contribution in [0.1, 0.15) is 15.5 Å². The van der Waals surface area contributed by atoms with Gasteiger partial charge in [-0.05, 0) is 19.1 Å². The highest BCUT2D eigenvalue weighted by Crippen LogP contribution is 2.27. The van der Waals surface area contributed by atoms with Crippen LogP contribution in [0.2, 0.25) is 0 Å². The summed E-state index contributed by atoms with van der Waals surface area (Å²) in [6, 6.07) is 5.52. The third-order valence-corrected chi connectivity index (χ3v) is 3.05. The van der Waals surface area contributed by atoms with Crippen molar-refractivity contribution in [1.29, 1.82) is 0 Å². The Morgan fingerprint density at radius 1 is 1.47 bits per heavy atom. The second-order valence-electron chi connectivity index (χ2n) is 2.95. The van der Waals surface area contributed by atoms with Crippen molar-refractivity contribution in [1.82, 2.24) is 9.97 Å². The van der Waals surface area contributed by atoms with E-state index in [9.17, 15) is 4.79 Å². The zero-order valence-corrected chi connectivity index (χ0v) is 8.78. The summed E-state index contributed by atoms with van der Waals surface area (Å²) in [5, 5.41) is 8.90. The lowest BCUT2D eigenvalue weighted by atomic mass is 10.3. The number of nitrogens with zero attached hydrogens (tertiary/aromatic N) is 2. The van der Waals surface area contributed by atoms with Gasteiger partial charge in [-0.3, -0.25) is 4.98 Å². The van der Waals surface area contributed by atoms with Crippen LogP contribution in [0, 0.1) is 6.92 Å². The summed E-state index contributed by atoms with van der Waals surface area (Å²) >= 11 is 1.15. The molecule has 2 heterocycles. The molecular weight excluding hydrogens is 212 g/mol. The largest absolute Gasteiger partial charge is 0.476 e. The van der Waals surface area contributed by atoms with Crippen LogP contribution in [-0.2, 0) is 0 Å². The molecule has 0 saturated heterocycles. The highest BCUT2D eigenvalue weighted by molar-refractivity contribution is 7.17. The highest BCUT2D eigenvalue weighted by atomic mass is 32.1. The van der Waals surface area contributed by atoms with Gasteiger partial charge in [0.1, 0.15) is 0 Å². The molecule has 0 saturated carbocycles. The molecule has 0 aromatic carbocycles. The van der Waals surface area contributed by atoms with Gasteiger partial charge in [0.15, 0.2) is 0 Å². The van der Waals surface area contributed by atoms with Crippen LogP contribution in [0.5, 0.6) is 0 Å². The zero-order valence-electron chi connectivity index (χ0n) is 7.97. The van der Waals surface area contributed by atoms with Crippen LogP contribution in [0.15, 0.2) is 24.4 Å². The fourth-order valence-corrected chi connectivity index (χ4v) is 2.10. The van der Waals surface area contributed by atoms with Crippen molar-refractivity contribution >= 4 is 17.3 Å². The van der Waals surface area contributed by atoms with E-state index in [0.717, 1.165) is 21.9 Å². The number of aromatic carboxylic acids is 1. The molecule has 0 amide bonds. The van der Waals surface area contributed by atoms with E-state index in [1.165, 1.54) is 0 Å². The Balaban J connectivity index is 2.50. The van der Waals surface area contributed by atoms with Gasteiger partial charge in [0.05, 0.1) is 16.3 Å². The lowest BCUT2D eigenvalue weighted by Crippen LogP contribution is -1.93. The molecule has 5 heteroatoms. The molecule has 0 radical (unpaired) electrons. The molecule has 0 bridgehead atoms. The lowest BCUT2D eigenvalue weighted by molar-refractivity contribution is 0.0696. The van der Waals surface area contributed by atoms with E-state index >= 15 is 0 Å². The van der Waals surface area contributed by atoms with Gasteiger partial charge in [0.2, 0.25) is 5.01 Å². The van der Waals surface area contributed by atoms with E-state index in [2.05, 4.69) is 9.97 Å². The van der Waals surface area contributed by atoms with Crippen LogP contribution in [-0.4, -0.2) is 21.0 Å². The lowest BCUT2D eigenvalue weighted by Gasteiger charge is -1.94. The number of hydrogen-bond donors (Lipinski definition) is 1. The second-order valence-corrected chi connectivity index (χ2v) is 3.95. The second kappa shape index (κ2) is 3.78. The maximum atomic E-state index is 10.7. The molecule has 0 fully saturated rings. The number of carboxylic acids is 1. The standard InChI is InChI=1S/C10H8N2O2S/c1-6-8(7-4-2-3-5-11-7)15-9(12-6)10(13)14/h2-5H,1H3,(H,13,14). The number of hydrogen-bond acceptors (Lipinski definition) is 4. The van der Waals surface area contributed by atoms with Crippen molar-refractivity contribution in [2.24, 2.45) is 0 Å². The first-order valence-corrected chi connectivity index (χ1v) is 5.12. The number of aromatic nitrogens is 2. The number of rotatable bonds is 2. The summed E-state index contributed by atoms with van der Waals surface area (Å²) in [6.45, 7) is 1.78. The first kappa shape index (κ1) is 9.79. The third-order valence-electron chi connectivity index (χ3n) is 1.88. The summed E-state index contributed by atoms with van der Waals surface area (Å²) in [4.78, 5) is 19.7. The molecular formula is C10H8N2O2S. The predicted molar refractivity (Wildman–Crippen MR) is 57.0 cm³/mol. The van der Waals surface area contributed by atoms with Crippen molar-refractivity contribution < 1.29 is 9.90 Å².